The van der Waals surface area contributed by atoms with Crippen LogP contribution in [0.1, 0.15) is 40.1 Å². The molecule has 0 heterocycles. The number of carbonyl (C=O) groups excluding carboxylic acids is 4. The third-order valence-corrected chi connectivity index (χ3v) is 4.08. The van der Waals surface area contributed by atoms with Gasteiger partial charge in [-0.05, 0) is 50.6 Å². The average Bonchev–Trinajstić information content (AvgIpc) is 2.72. The van der Waals surface area contributed by atoms with Gasteiger partial charge in [0, 0.05) is 11.7 Å². The topological polar surface area (TPSA) is 123 Å². The highest BCUT2D eigenvalue weighted by molar-refractivity contribution is 6.02. The van der Waals surface area contributed by atoms with E-state index >= 15 is 0 Å². The number of rotatable bonds is 7. The monoisotopic (exact) mass is 427 g/mol. The van der Waals surface area contributed by atoms with Crippen LogP contribution in [0.3, 0.4) is 0 Å². The second-order valence-corrected chi connectivity index (χ2v) is 6.94. The first-order valence-electron chi connectivity index (χ1n) is 9.53. The molecule has 0 unspecified atom stereocenters. The summed E-state index contributed by atoms with van der Waals surface area (Å²) in [6.45, 7) is 4.82. The van der Waals surface area contributed by atoms with Gasteiger partial charge in [0.1, 0.15) is 0 Å². The van der Waals surface area contributed by atoms with Crippen molar-refractivity contribution >= 4 is 35.3 Å². The van der Waals surface area contributed by atoms with Crippen LogP contribution in [0.4, 0.5) is 16.2 Å². The third kappa shape index (κ3) is 6.84. The van der Waals surface area contributed by atoms with E-state index in [1.807, 2.05) is 0 Å². The second kappa shape index (κ2) is 10.8. The quantitative estimate of drug-likeness (QED) is 0.584. The van der Waals surface area contributed by atoms with Gasteiger partial charge in [-0.1, -0.05) is 18.2 Å². The summed E-state index contributed by atoms with van der Waals surface area (Å²) >= 11 is 0. The van der Waals surface area contributed by atoms with Crippen molar-refractivity contribution in [2.45, 2.75) is 26.8 Å². The summed E-state index contributed by atoms with van der Waals surface area (Å²) in [5, 5.41) is 7.84. The molecule has 3 amide bonds. The van der Waals surface area contributed by atoms with Crippen molar-refractivity contribution in [3.8, 4) is 0 Å². The highest BCUT2D eigenvalue weighted by Gasteiger charge is 2.17. The molecule has 0 saturated carbocycles. The average molecular weight is 427 g/mol. The van der Waals surface area contributed by atoms with Crippen LogP contribution in [0.25, 0.3) is 0 Å². The summed E-state index contributed by atoms with van der Waals surface area (Å²) in [7, 11) is 1.26. The fraction of sp³-hybridized carbons (Fsp3) is 0.273. The molecule has 0 aliphatic rings. The van der Waals surface area contributed by atoms with E-state index in [9.17, 15) is 19.2 Å². The summed E-state index contributed by atoms with van der Waals surface area (Å²) < 4.78 is 9.76. The Morgan fingerprint density at radius 2 is 1.65 bits per heavy atom. The van der Waals surface area contributed by atoms with E-state index < -0.39 is 30.5 Å². The van der Waals surface area contributed by atoms with Crippen LogP contribution in [0.15, 0.2) is 42.5 Å². The lowest BCUT2D eigenvalue weighted by molar-refractivity contribution is -0.119. The van der Waals surface area contributed by atoms with Crippen LogP contribution >= 0.6 is 0 Å². The maximum Gasteiger partial charge on any atom is 0.340 e. The number of ether oxygens (including phenoxy) is 2. The minimum atomic E-state index is -0.768. The van der Waals surface area contributed by atoms with Gasteiger partial charge in [-0.15, -0.1) is 0 Å². The number of urea groups is 1. The number of esters is 2. The van der Waals surface area contributed by atoms with Gasteiger partial charge in [-0.25, -0.2) is 14.4 Å². The zero-order chi connectivity index (χ0) is 23.0. The first-order valence-corrected chi connectivity index (χ1v) is 9.53. The van der Waals surface area contributed by atoms with E-state index in [4.69, 9.17) is 4.74 Å². The zero-order valence-electron chi connectivity index (χ0n) is 17.8. The largest absolute Gasteiger partial charge is 0.465 e. The van der Waals surface area contributed by atoms with Crippen LogP contribution in [-0.4, -0.2) is 43.6 Å². The molecule has 0 aliphatic heterocycles. The Morgan fingerprint density at radius 3 is 2.32 bits per heavy atom. The van der Waals surface area contributed by atoms with Gasteiger partial charge >= 0.3 is 18.0 Å². The predicted molar refractivity (Wildman–Crippen MR) is 115 cm³/mol. The van der Waals surface area contributed by atoms with E-state index in [-0.39, 0.29) is 22.9 Å². The van der Waals surface area contributed by atoms with E-state index in [2.05, 4.69) is 20.7 Å². The number of nitrogens with one attached hydrogen (secondary N) is 3. The zero-order valence-corrected chi connectivity index (χ0v) is 17.8. The molecule has 31 heavy (non-hydrogen) atoms. The van der Waals surface area contributed by atoms with Crippen molar-refractivity contribution < 1.29 is 28.7 Å². The molecular formula is C22H25N3O6. The molecule has 164 valence electrons. The van der Waals surface area contributed by atoms with Crippen molar-refractivity contribution in [3.63, 3.8) is 0 Å². The number of carbonyl (C=O) groups is 4. The number of para-hydroxylation sites is 1. The SMILES string of the molecule is COC(=O)c1ccc(C)c(NC(=O)COC(=O)c2ccccc2NC(=O)NC(C)C)c1. The number of hydrogen-bond acceptors (Lipinski definition) is 6. The normalized spacial score (nSPS) is 10.2. The number of amides is 3. The van der Waals surface area contributed by atoms with Gasteiger partial charge < -0.3 is 25.4 Å². The molecule has 0 fully saturated rings. The Kier molecular flexibility index (Phi) is 8.13. The van der Waals surface area contributed by atoms with Gasteiger partial charge in [-0.2, -0.15) is 0 Å². The van der Waals surface area contributed by atoms with Crippen molar-refractivity contribution in [2.75, 3.05) is 24.4 Å². The minimum Gasteiger partial charge on any atom is -0.465 e. The van der Waals surface area contributed by atoms with E-state index in [1.165, 1.54) is 19.2 Å². The molecule has 0 saturated heterocycles. The Bertz CT molecular complexity index is 987. The first-order chi connectivity index (χ1) is 14.7. The maximum atomic E-state index is 12.4. The van der Waals surface area contributed by atoms with Gasteiger partial charge in [0.05, 0.1) is 23.9 Å². The summed E-state index contributed by atoms with van der Waals surface area (Å²) in [4.78, 5) is 48.3. The lowest BCUT2D eigenvalue weighted by atomic mass is 10.1. The molecular weight excluding hydrogens is 402 g/mol. The fourth-order valence-electron chi connectivity index (χ4n) is 2.59. The highest BCUT2D eigenvalue weighted by Crippen LogP contribution is 2.18. The standard InChI is InChI=1S/C22H25N3O6/c1-13(2)23-22(29)25-17-8-6-5-7-16(17)21(28)31-12-19(26)24-18-11-15(20(27)30-4)10-9-14(18)3/h5-11,13H,12H2,1-4H3,(H,24,26)(H2,23,25,29). The molecule has 0 atom stereocenters. The molecule has 3 N–H and O–H groups in total. The van der Waals surface area contributed by atoms with Crippen LogP contribution in [0, 0.1) is 6.92 Å². The maximum absolute atomic E-state index is 12.4. The van der Waals surface area contributed by atoms with Crippen LogP contribution in [0.5, 0.6) is 0 Å². The van der Waals surface area contributed by atoms with E-state index in [0.29, 0.717) is 5.69 Å². The molecule has 9 heteroatoms. The van der Waals surface area contributed by atoms with Crippen molar-refractivity contribution in [2.24, 2.45) is 0 Å². The molecule has 0 aliphatic carbocycles. The Balaban J connectivity index is 2.01. The lowest BCUT2D eigenvalue weighted by Crippen LogP contribution is -2.34. The number of aryl methyl sites for hydroxylation is 1. The smallest absolute Gasteiger partial charge is 0.340 e. The lowest BCUT2D eigenvalue weighted by Gasteiger charge is -2.13. The van der Waals surface area contributed by atoms with Crippen LogP contribution in [-0.2, 0) is 14.3 Å². The Hall–Kier alpha value is -3.88. The molecule has 0 radical (unpaired) electrons. The molecule has 2 aromatic rings. The van der Waals surface area contributed by atoms with Crippen LogP contribution in [0.2, 0.25) is 0 Å². The summed E-state index contributed by atoms with van der Waals surface area (Å²) in [5.41, 5.74) is 1.76. The molecule has 0 spiro atoms. The Labute approximate surface area is 180 Å². The summed E-state index contributed by atoms with van der Waals surface area (Å²) in [5.74, 6) is -1.88. The third-order valence-electron chi connectivity index (χ3n) is 4.08. The highest BCUT2D eigenvalue weighted by atomic mass is 16.5. The molecule has 2 rings (SSSR count). The van der Waals surface area contributed by atoms with Crippen molar-refractivity contribution in [1.82, 2.24) is 5.32 Å². The second-order valence-electron chi connectivity index (χ2n) is 6.94. The van der Waals surface area contributed by atoms with Crippen molar-refractivity contribution in [3.05, 3.63) is 59.2 Å². The van der Waals surface area contributed by atoms with Gasteiger partial charge in [0.15, 0.2) is 6.61 Å². The molecule has 9 nitrogen and oxygen atoms in total. The molecule has 0 aromatic heterocycles. The predicted octanol–water partition coefficient (Wildman–Crippen LogP) is 3.11. The number of methoxy groups -OCH3 is 1. The first kappa shape index (κ1) is 23.4. The van der Waals surface area contributed by atoms with Crippen molar-refractivity contribution in [1.29, 1.82) is 0 Å². The van der Waals surface area contributed by atoms with E-state index in [0.717, 1.165) is 5.56 Å². The number of anilines is 2. The molecule has 2 aromatic carbocycles. The van der Waals surface area contributed by atoms with Crippen LogP contribution < -0.4 is 16.0 Å². The van der Waals surface area contributed by atoms with Gasteiger partial charge in [0.25, 0.3) is 5.91 Å². The summed E-state index contributed by atoms with van der Waals surface area (Å²) in [6, 6.07) is 10.5. The number of hydrogen-bond donors (Lipinski definition) is 3. The van der Waals surface area contributed by atoms with E-state index in [1.54, 1.807) is 51.1 Å². The summed E-state index contributed by atoms with van der Waals surface area (Å²) in [6.07, 6.45) is 0. The number of benzene rings is 2. The minimum absolute atomic E-state index is 0.0797. The van der Waals surface area contributed by atoms with Gasteiger partial charge in [-0.3, -0.25) is 4.79 Å². The fourth-order valence-corrected chi connectivity index (χ4v) is 2.59. The van der Waals surface area contributed by atoms with Gasteiger partial charge in [0.2, 0.25) is 0 Å². The Morgan fingerprint density at radius 1 is 0.935 bits per heavy atom. The molecule has 0 bridgehead atoms.